The van der Waals surface area contributed by atoms with Gasteiger partial charge in [-0.2, -0.15) is 0 Å². The van der Waals surface area contributed by atoms with Crippen molar-refractivity contribution in [1.82, 2.24) is 0 Å². The van der Waals surface area contributed by atoms with E-state index in [4.69, 9.17) is 18.9 Å². The number of aromatic hydroxyl groups is 1. The molecule has 0 amide bonds. The largest absolute Gasteiger partial charge is 0.508 e. The summed E-state index contributed by atoms with van der Waals surface area (Å²) in [4.78, 5) is 12.8. The van der Waals surface area contributed by atoms with Crippen molar-refractivity contribution >= 4 is 57.4 Å². The van der Waals surface area contributed by atoms with E-state index in [1.165, 1.54) is 13.2 Å². The number of methoxy groups -OCH3 is 1. The van der Waals surface area contributed by atoms with Crippen LogP contribution in [-0.4, -0.2) is 88.1 Å². The zero-order valence-corrected chi connectivity index (χ0v) is 23.1. The molecule has 0 bridgehead atoms. The molecule has 3 unspecified atom stereocenters. The quantitative estimate of drug-likeness (QED) is 0.460. The Balaban J connectivity index is 0.00000289. The number of rotatable bonds is 7. The minimum absolute atomic E-state index is 0. The van der Waals surface area contributed by atoms with Crippen molar-refractivity contribution in [2.75, 3.05) is 20.5 Å². The Labute approximate surface area is 246 Å². The van der Waals surface area contributed by atoms with Crippen molar-refractivity contribution in [3.63, 3.8) is 0 Å². The molecule has 3 aromatic carbocycles. The number of carboxylic acids is 1. The zero-order valence-electron chi connectivity index (χ0n) is 20.0. The predicted molar refractivity (Wildman–Crippen MR) is 130 cm³/mol. The summed E-state index contributed by atoms with van der Waals surface area (Å²) in [5.41, 5.74) is 3.06. The Hall–Kier alpha value is -2.23. The minimum Gasteiger partial charge on any atom is -0.508 e. The van der Waals surface area contributed by atoms with Gasteiger partial charge in [0.25, 0.3) is 0 Å². The molecule has 3 aromatic rings. The van der Waals surface area contributed by atoms with Gasteiger partial charge in [-0.1, -0.05) is 25.1 Å². The van der Waals surface area contributed by atoms with Crippen LogP contribution in [0.2, 0.25) is 0 Å². The van der Waals surface area contributed by atoms with Gasteiger partial charge in [0, 0.05) is 74.9 Å². The van der Waals surface area contributed by atoms with E-state index in [1.54, 1.807) is 12.1 Å². The van der Waals surface area contributed by atoms with Crippen molar-refractivity contribution in [3.8, 4) is 28.7 Å². The molecule has 2 aliphatic rings. The van der Waals surface area contributed by atoms with Gasteiger partial charge in [-0.15, -0.1) is 0 Å². The first-order valence-electron chi connectivity index (χ1n) is 11.3. The molecular weight excluding hydrogens is 475 g/mol. The van der Waals surface area contributed by atoms with Crippen molar-refractivity contribution < 1.29 is 34.0 Å². The average Bonchev–Trinajstić information content (AvgIpc) is 3.44. The van der Waals surface area contributed by atoms with Crippen LogP contribution in [0, 0.1) is 5.92 Å². The number of phenolic OH excluding ortho intramolecular Hbond substituents is 1. The molecule has 35 heavy (non-hydrogen) atoms. The van der Waals surface area contributed by atoms with Gasteiger partial charge in [0.1, 0.15) is 17.2 Å². The topological polar surface area (TPSA) is 94.5 Å². The molecule has 0 fully saturated rings. The summed E-state index contributed by atoms with van der Waals surface area (Å²) in [5, 5.41) is 21.3. The monoisotopic (exact) mass is 501 g/mol. The maximum atomic E-state index is 12.8. The van der Waals surface area contributed by atoms with Gasteiger partial charge in [-0.3, -0.25) is 4.79 Å². The van der Waals surface area contributed by atoms with E-state index in [2.05, 4.69) is 0 Å². The predicted octanol–water partition coefficient (Wildman–Crippen LogP) is 4.52. The van der Waals surface area contributed by atoms with Gasteiger partial charge < -0.3 is 29.2 Å². The fraction of sp³-hybridized carbons (Fsp3) is 0.296. The van der Waals surface area contributed by atoms with Crippen LogP contribution in [0.25, 0.3) is 0 Å². The average molecular weight is 502 g/mol. The van der Waals surface area contributed by atoms with E-state index in [0.717, 1.165) is 23.1 Å². The van der Waals surface area contributed by atoms with E-state index in [9.17, 15) is 15.0 Å². The van der Waals surface area contributed by atoms with Crippen molar-refractivity contribution in [2.24, 2.45) is 5.92 Å². The molecule has 1 aliphatic carbocycles. The molecule has 0 saturated carbocycles. The second-order valence-electron chi connectivity index (χ2n) is 8.50. The molecule has 2 N–H and O–H groups in total. The fourth-order valence-electron chi connectivity index (χ4n) is 5.05. The summed E-state index contributed by atoms with van der Waals surface area (Å²) in [6.45, 7) is 2.73. The molecule has 7 nitrogen and oxygen atoms in total. The second-order valence-corrected chi connectivity index (χ2v) is 8.50. The molecule has 8 heteroatoms. The Kier molecular flexibility index (Phi) is 7.98. The molecule has 0 aromatic heterocycles. The van der Waals surface area contributed by atoms with Crippen molar-refractivity contribution in [2.45, 2.75) is 25.2 Å². The van der Waals surface area contributed by atoms with E-state index in [-0.39, 0.29) is 63.9 Å². The maximum absolute atomic E-state index is 12.8. The third-order valence-electron chi connectivity index (χ3n) is 6.53. The smallest absolute Gasteiger partial charge is 0.308 e. The number of hydrogen-bond acceptors (Lipinski definition) is 6. The van der Waals surface area contributed by atoms with Gasteiger partial charge in [-0.25, -0.2) is 0 Å². The van der Waals surface area contributed by atoms with Crippen LogP contribution in [0.15, 0.2) is 54.6 Å². The number of hydrogen-bond donors (Lipinski definition) is 2. The number of carboxylic acid groups (broad SMARTS) is 1. The molecule has 1 heterocycles. The molecule has 1 radical (unpaired) electrons. The third kappa shape index (κ3) is 4.78. The summed E-state index contributed by atoms with van der Waals surface area (Å²) in [5.74, 6) is -0.428. The van der Waals surface area contributed by atoms with E-state index in [0.29, 0.717) is 35.2 Å². The van der Waals surface area contributed by atoms with Crippen LogP contribution in [0.1, 0.15) is 47.4 Å². The molecule has 0 spiro atoms. The molecule has 0 saturated heterocycles. The molecule has 5 rings (SSSR count). The second kappa shape index (κ2) is 10.8. The Morgan fingerprint density at radius 3 is 2.40 bits per heavy atom. The number of aliphatic carboxylic acids is 1. The standard InChI is InChI=1S/C27H26O7.K/c1-3-10-32-17-6-7-18-20(12-17)25(19-8-5-16(31-2)13-21(19)28)26(27(29)30)24(18)15-4-9-22-23(11-15)34-14-33-22;/h4-9,11-13,24-26,28H,3,10,14H2,1-2H3,(H,29,30);. The van der Waals surface area contributed by atoms with Crippen LogP contribution >= 0.6 is 0 Å². The van der Waals surface area contributed by atoms with Crippen molar-refractivity contribution in [3.05, 3.63) is 76.9 Å². The van der Waals surface area contributed by atoms with E-state index >= 15 is 0 Å². The van der Waals surface area contributed by atoms with E-state index in [1.807, 2.05) is 43.3 Å². The van der Waals surface area contributed by atoms with Gasteiger partial charge >= 0.3 is 5.97 Å². The van der Waals surface area contributed by atoms with Crippen molar-refractivity contribution in [1.29, 1.82) is 0 Å². The molecule has 3 atom stereocenters. The van der Waals surface area contributed by atoms with E-state index < -0.39 is 23.7 Å². The summed E-state index contributed by atoms with van der Waals surface area (Å²) in [7, 11) is 1.52. The van der Waals surface area contributed by atoms with Gasteiger partial charge in [0.2, 0.25) is 6.79 Å². The van der Waals surface area contributed by atoms with Gasteiger partial charge in [0.05, 0.1) is 19.6 Å². The first kappa shape index (κ1) is 25.8. The number of ether oxygens (including phenoxy) is 4. The summed E-state index contributed by atoms with van der Waals surface area (Å²) < 4.78 is 22.1. The minimum atomic E-state index is -0.949. The number of fused-ring (bicyclic) bond motifs is 2. The SMILES string of the molecule is CCCOc1ccc2c(c1)C(c1ccc(OC)cc1O)C(C(=O)O)C2c1ccc2c(c1)OCO2.[K]. The number of phenols is 1. The van der Waals surface area contributed by atoms with Crippen LogP contribution in [-0.2, 0) is 4.79 Å². The molecular formula is C27H26KO7. The Morgan fingerprint density at radius 1 is 0.943 bits per heavy atom. The number of carbonyl (C=O) groups is 1. The van der Waals surface area contributed by atoms with Crippen LogP contribution in [0.4, 0.5) is 0 Å². The third-order valence-corrected chi connectivity index (χ3v) is 6.53. The molecule has 1 aliphatic heterocycles. The van der Waals surface area contributed by atoms with Gasteiger partial charge in [0.15, 0.2) is 11.5 Å². The maximum Gasteiger partial charge on any atom is 0.308 e. The Morgan fingerprint density at radius 2 is 1.69 bits per heavy atom. The first-order chi connectivity index (χ1) is 16.5. The summed E-state index contributed by atoms with van der Waals surface area (Å²) >= 11 is 0. The molecule has 177 valence electrons. The van der Waals surface area contributed by atoms with Crippen LogP contribution in [0.5, 0.6) is 28.7 Å². The first-order valence-corrected chi connectivity index (χ1v) is 11.3. The zero-order chi connectivity index (χ0) is 23.8. The summed E-state index contributed by atoms with van der Waals surface area (Å²) in [6, 6.07) is 16.3. The fourth-order valence-corrected chi connectivity index (χ4v) is 5.05. The Bertz CT molecular complexity index is 1240. The van der Waals surface area contributed by atoms with Crippen LogP contribution in [0.3, 0.4) is 0 Å². The number of benzene rings is 3. The van der Waals surface area contributed by atoms with Gasteiger partial charge in [-0.05, 0) is 53.4 Å². The summed E-state index contributed by atoms with van der Waals surface area (Å²) in [6.07, 6.45) is 0.858. The van der Waals surface area contributed by atoms with Crippen LogP contribution < -0.4 is 18.9 Å². The normalized spacial score (nSPS) is 19.5.